The molecule has 7 N–H and O–H groups in total. The fourth-order valence-corrected chi connectivity index (χ4v) is 0.618. The van der Waals surface area contributed by atoms with Crippen LogP contribution >= 0.6 is 0 Å². The molecule has 0 spiro atoms. The standard InChI is InChI=1S/C6H12O6.Cr.2H2O.2O/c7-1-3(9)5(11)6(12)4(10)2-8;;;;;/h1,3-6,8-12H,2H2;;2*1H2;;/q;+2;;;;/p-2. The zero-order valence-corrected chi connectivity index (χ0v) is 9.63. The van der Waals surface area contributed by atoms with E-state index >= 15 is 0 Å². The Morgan fingerprint density at radius 1 is 1.00 bits per heavy atom. The van der Waals surface area contributed by atoms with Crippen molar-refractivity contribution < 1.29 is 59.9 Å². The van der Waals surface area contributed by atoms with Gasteiger partial charge in [0.2, 0.25) is 0 Å². The van der Waals surface area contributed by atoms with Crippen LogP contribution < -0.4 is 0 Å². The molecule has 0 aromatic heterocycles. The van der Waals surface area contributed by atoms with Crippen LogP contribution in [0.2, 0.25) is 0 Å². The van der Waals surface area contributed by atoms with Crippen LogP contribution in [-0.4, -0.2) is 71.2 Å². The van der Waals surface area contributed by atoms with Crippen molar-refractivity contribution in [1.82, 2.24) is 0 Å². The van der Waals surface area contributed by atoms with Crippen molar-refractivity contribution in [3.05, 3.63) is 0 Å². The summed E-state index contributed by atoms with van der Waals surface area (Å²) in [7, 11) is 0. The van der Waals surface area contributed by atoms with Gasteiger partial charge in [0.15, 0.2) is 6.29 Å². The van der Waals surface area contributed by atoms with Gasteiger partial charge in [0, 0.05) is 0 Å². The van der Waals surface area contributed by atoms with Gasteiger partial charge >= 0.3 is 29.5 Å². The van der Waals surface area contributed by atoms with Gasteiger partial charge in [0.25, 0.3) is 0 Å². The summed E-state index contributed by atoms with van der Waals surface area (Å²) in [5.74, 6) is 0. The van der Waals surface area contributed by atoms with Crippen LogP contribution in [0.3, 0.4) is 0 Å². The normalized spacial score (nSPS) is 18.3. The molecular weight excluding hydrogens is 284 g/mol. The van der Waals surface area contributed by atoms with Gasteiger partial charge in [-0.1, -0.05) is 0 Å². The summed E-state index contributed by atoms with van der Waals surface area (Å²) in [5, 5.41) is 43.5. The Balaban J connectivity index is 0. The first-order valence-corrected chi connectivity index (χ1v) is 6.21. The van der Waals surface area contributed by atoms with Crippen molar-refractivity contribution in [2.75, 3.05) is 6.61 Å². The number of carbonyl (C=O) groups is 1. The van der Waals surface area contributed by atoms with Crippen LogP contribution in [0.5, 0.6) is 0 Å². The van der Waals surface area contributed by atoms with E-state index in [1.54, 1.807) is 0 Å². The molecule has 11 heteroatoms. The van der Waals surface area contributed by atoms with E-state index in [2.05, 4.69) is 0 Å². The summed E-state index contributed by atoms with van der Waals surface area (Å²) in [4.78, 5) is 9.90. The summed E-state index contributed by atoms with van der Waals surface area (Å²) >= 11 is -5.25. The Hall–Kier alpha value is -0.478. The van der Waals surface area contributed by atoms with Gasteiger partial charge in [-0.05, 0) is 0 Å². The van der Waals surface area contributed by atoms with Crippen LogP contribution in [0.15, 0.2) is 0 Å². The van der Waals surface area contributed by atoms with Gasteiger partial charge in [0.1, 0.15) is 24.4 Å². The molecule has 0 saturated carbocycles. The van der Waals surface area contributed by atoms with Crippen molar-refractivity contribution >= 4 is 6.29 Å². The summed E-state index contributed by atoms with van der Waals surface area (Å²) in [6.45, 7) is -0.760. The first kappa shape index (κ1) is 18.9. The van der Waals surface area contributed by atoms with E-state index in [4.69, 9.17) is 41.5 Å². The van der Waals surface area contributed by atoms with Crippen LogP contribution in [-0.2, 0) is 26.0 Å². The average molecular weight is 298 g/mol. The third-order valence-corrected chi connectivity index (χ3v) is 1.42. The Labute approximate surface area is 97.8 Å². The number of hydrogen-bond donors (Lipinski definition) is 7. The van der Waals surface area contributed by atoms with Crippen molar-refractivity contribution in [2.24, 2.45) is 0 Å². The summed E-state index contributed by atoms with van der Waals surface area (Å²) in [6.07, 6.45) is -6.84. The zero-order valence-electron chi connectivity index (χ0n) is 8.36. The zero-order chi connectivity index (χ0) is 14.2. The van der Waals surface area contributed by atoms with Crippen LogP contribution in [0, 0.1) is 0 Å². The van der Waals surface area contributed by atoms with E-state index in [1.165, 1.54) is 0 Å². The number of aliphatic hydroxyl groups excluding tert-OH is 5. The quantitative estimate of drug-likeness (QED) is 0.242. The third kappa shape index (κ3) is 11.8. The third-order valence-electron chi connectivity index (χ3n) is 1.42. The van der Waals surface area contributed by atoms with Crippen molar-refractivity contribution in [1.29, 1.82) is 0 Å². The second kappa shape index (κ2) is 8.59. The molecule has 10 nitrogen and oxygen atoms in total. The molecule has 4 unspecified atom stereocenters. The van der Waals surface area contributed by atoms with E-state index in [-0.39, 0.29) is 6.29 Å². The Morgan fingerprint density at radius 3 is 1.59 bits per heavy atom. The van der Waals surface area contributed by atoms with Gasteiger partial charge in [-0.3, -0.25) is 0 Å². The number of carbonyl (C=O) groups excluding carboxylic acids is 1. The molecule has 0 amide bonds. The van der Waals surface area contributed by atoms with Gasteiger partial charge < -0.3 is 30.3 Å². The van der Waals surface area contributed by atoms with Crippen molar-refractivity contribution in [3.8, 4) is 0 Å². The summed E-state index contributed by atoms with van der Waals surface area (Å²) < 4.78 is 31.9. The predicted octanol–water partition coefficient (Wildman–Crippen LogP) is -4.73. The van der Waals surface area contributed by atoms with E-state index in [0.29, 0.717) is 0 Å². The summed E-state index contributed by atoms with van der Waals surface area (Å²) in [6, 6.07) is 0. The van der Waals surface area contributed by atoms with Crippen molar-refractivity contribution in [3.63, 3.8) is 0 Å². The molecule has 0 aliphatic rings. The van der Waals surface area contributed by atoms with E-state index in [9.17, 15) is 4.79 Å². The molecule has 4 atom stereocenters. The molecule has 0 fully saturated rings. The predicted molar refractivity (Wildman–Crippen MR) is 43.0 cm³/mol. The second-order valence-electron chi connectivity index (χ2n) is 2.81. The maximum absolute atomic E-state index is 9.90. The number of hydrogen-bond acceptors (Lipinski definition) is 8. The molecule has 17 heavy (non-hydrogen) atoms. The van der Waals surface area contributed by atoms with Gasteiger partial charge in [0.05, 0.1) is 6.61 Å². The molecule has 0 aliphatic heterocycles. The fraction of sp³-hybridized carbons (Fsp3) is 0.833. The minimum atomic E-state index is -5.25. The first-order valence-electron chi connectivity index (χ1n) is 4.02. The van der Waals surface area contributed by atoms with E-state index in [1.807, 2.05) is 0 Å². The molecule has 0 aromatic rings. The number of rotatable bonds is 5. The fourth-order valence-electron chi connectivity index (χ4n) is 0.618. The van der Waals surface area contributed by atoms with Crippen LogP contribution in [0.25, 0.3) is 0 Å². The molecule has 0 bridgehead atoms. The second-order valence-corrected chi connectivity index (χ2v) is 4.20. The summed E-state index contributed by atoms with van der Waals surface area (Å²) in [5.41, 5.74) is 0. The van der Waals surface area contributed by atoms with Crippen LogP contribution in [0.1, 0.15) is 0 Å². The monoisotopic (exact) mass is 298 g/mol. The first-order chi connectivity index (χ1) is 7.54. The van der Waals surface area contributed by atoms with E-state index < -0.39 is 44.6 Å². The molecule has 0 aromatic carbocycles. The van der Waals surface area contributed by atoms with Gasteiger partial charge in [-0.25, -0.2) is 0 Å². The Kier molecular flexibility index (Phi) is 9.54. The number of aliphatic hydroxyl groups is 5. The number of aldehydes is 1. The van der Waals surface area contributed by atoms with Gasteiger partial charge in [-0.2, -0.15) is 0 Å². The molecule has 0 heterocycles. The molecule has 0 rings (SSSR count). The van der Waals surface area contributed by atoms with Gasteiger partial charge in [-0.15, -0.1) is 0 Å². The topological polar surface area (TPSA) is 193 Å². The molecule has 0 saturated heterocycles. The minimum absolute atomic E-state index is 0.0258. The van der Waals surface area contributed by atoms with Crippen LogP contribution in [0.4, 0.5) is 0 Å². The Morgan fingerprint density at radius 2 is 1.35 bits per heavy atom. The van der Waals surface area contributed by atoms with Crippen molar-refractivity contribution in [2.45, 2.75) is 24.4 Å². The molecule has 104 valence electrons. The van der Waals surface area contributed by atoms with E-state index in [0.717, 1.165) is 0 Å². The Bertz CT molecular complexity index is 292. The average Bonchev–Trinajstić information content (AvgIpc) is 2.22. The maximum atomic E-state index is 9.90. The molecule has 0 aliphatic carbocycles. The molecule has 0 radical (unpaired) electrons. The molecular formula is C6H14CrO10. The SMILES string of the molecule is O=CC(O)C(O)C(O)C(O)CO.[O]=[Cr](=[O])([OH])[OH].